The number of hydrogen-bond donors (Lipinski definition) is 2. The highest BCUT2D eigenvalue weighted by Gasteiger charge is 2.00. The Kier molecular flexibility index (Phi) is 7.16. The molecule has 0 amide bonds. The van der Waals surface area contributed by atoms with Crippen LogP contribution in [-0.2, 0) is 6.54 Å². The Hall–Kier alpha value is -0.800. The van der Waals surface area contributed by atoms with Gasteiger partial charge < -0.3 is 5.73 Å². The molecule has 0 unspecified atom stereocenters. The molecule has 14 heavy (non-hydrogen) atoms. The largest absolute Gasteiger partial charge is 0.326 e. The number of para-hydroxylation sites is 1. The second-order valence-corrected chi connectivity index (χ2v) is 3.34. The highest BCUT2D eigenvalue weighted by molar-refractivity contribution is 7.80. The minimum absolute atomic E-state index is 0.475. The summed E-state index contributed by atoms with van der Waals surface area (Å²) in [7, 11) is 0. The fourth-order valence-electron chi connectivity index (χ4n) is 0.925. The molecule has 0 fully saturated rings. The molecule has 0 aliphatic rings. The van der Waals surface area contributed by atoms with Crippen molar-refractivity contribution in [2.45, 2.75) is 31.7 Å². The summed E-state index contributed by atoms with van der Waals surface area (Å²) in [4.78, 5) is 4.66. The van der Waals surface area contributed by atoms with Crippen molar-refractivity contribution < 1.29 is 0 Å². The SMILES string of the molecule is C=Nc1c(S)cccc1CN.CCC. The summed E-state index contributed by atoms with van der Waals surface area (Å²) >= 11 is 4.21. The first-order valence-corrected chi connectivity index (χ1v) is 5.13. The number of hydrogen-bond acceptors (Lipinski definition) is 3. The summed E-state index contributed by atoms with van der Waals surface area (Å²) in [6.07, 6.45) is 1.25. The molecule has 1 rings (SSSR count). The van der Waals surface area contributed by atoms with Gasteiger partial charge in [-0.3, -0.25) is 4.99 Å². The number of thiol groups is 1. The van der Waals surface area contributed by atoms with E-state index >= 15 is 0 Å². The number of nitrogens with zero attached hydrogens (tertiary/aromatic N) is 1. The van der Waals surface area contributed by atoms with Gasteiger partial charge in [-0.2, -0.15) is 0 Å². The van der Waals surface area contributed by atoms with Crippen molar-refractivity contribution in [2.24, 2.45) is 10.7 Å². The van der Waals surface area contributed by atoms with E-state index in [2.05, 4.69) is 38.2 Å². The molecule has 0 spiro atoms. The molecule has 78 valence electrons. The quantitative estimate of drug-likeness (QED) is 0.571. The Bertz CT molecular complexity index is 285. The molecule has 2 nitrogen and oxygen atoms in total. The third kappa shape index (κ3) is 3.94. The number of nitrogens with two attached hydrogens (primary N) is 1. The molecule has 0 radical (unpaired) electrons. The predicted octanol–water partition coefficient (Wildman–Crippen LogP) is 3.18. The second-order valence-electron chi connectivity index (χ2n) is 2.85. The molecular formula is C11H18N2S. The van der Waals surface area contributed by atoms with Crippen molar-refractivity contribution >= 4 is 25.0 Å². The molecule has 2 N–H and O–H groups in total. The lowest BCUT2D eigenvalue weighted by molar-refractivity contribution is 1.06. The maximum atomic E-state index is 5.47. The minimum Gasteiger partial charge on any atom is -0.326 e. The summed E-state index contributed by atoms with van der Waals surface area (Å²) in [5, 5.41) is 0. The van der Waals surface area contributed by atoms with Gasteiger partial charge in [-0.15, -0.1) is 12.6 Å². The van der Waals surface area contributed by atoms with E-state index < -0.39 is 0 Å². The summed E-state index contributed by atoms with van der Waals surface area (Å²) in [6, 6.07) is 5.69. The molecule has 0 aliphatic carbocycles. The van der Waals surface area contributed by atoms with Gasteiger partial charge in [-0.1, -0.05) is 32.4 Å². The first-order chi connectivity index (χ1) is 6.71. The van der Waals surface area contributed by atoms with Crippen LogP contribution < -0.4 is 5.73 Å². The fraction of sp³-hybridized carbons (Fsp3) is 0.364. The van der Waals surface area contributed by atoms with Gasteiger partial charge in [0, 0.05) is 11.4 Å². The van der Waals surface area contributed by atoms with Gasteiger partial charge in [-0.05, 0) is 18.3 Å². The summed E-state index contributed by atoms with van der Waals surface area (Å²) in [5.41, 5.74) is 7.24. The molecule has 0 aromatic heterocycles. The lowest BCUT2D eigenvalue weighted by Gasteiger charge is -2.03. The van der Waals surface area contributed by atoms with Crippen LogP contribution in [0.5, 0.6) is 0 Å². The average Bonchev–Trinajstić information content (AvgIpc) is 2.18. The van der Waals surface area contributed by atoms with Gasteiger partial charge in [0.1, 0.15) is 0 Å². The number of rotatable bonds is 2. The van der Waals surface area contributed by atoms with E-state index in [9.17, 15) is 0 Å². The zero-order valence-corrected chi connectivity index (χ0v) is 9.72. The Morgan fingerprint density at radius 3 is 2.36 bits per heavy atom. The number of benzene rings is 1. The van der Waals surface area contributed by atoms with E-state index in [1.54, 1.807) is 0 Å². The van der Waals surface area contributed by atoms with Crippen LogP contribution in [0.4, 0.5) is 5.69 Å². The smallest absolute Gasteiger partial charge is 0.0800 e. The van der Waals surface area contributed by atoms with E-state index in [1.165, 1.54) is 6.42 Å². The molecule has 0 saturated carbocycles. The molecule has 0 bridgehead atoms. The summed E-state index contributed by atoms with van der Waals surface area (Å²) in [5.74, 6) is 0. The van der Waals surface area contributed by atoms with Crippen LogP contribution in [0, 0.1) is 0 Å². The zero-order chi connectivity index (χ0) is 11.0. The van der Waals surface area contributed by atoms with Crippen molar-refractivity contribution in [3.63, 3.8) is 0 Å². The fourth-order valence-corrected chi connectivity index (χ4v) is 1.23. The van der Waals surface area contributed by atoms with Gasteiger partial charge in [0.15, 0.2) is 0 Å². The van der Waals surface area contributed by atoms with Gasteiger partial charge >= 0.3 is 0 Å². The Labute approximate surface area is 91.7 Å². The predicted molar refractivity (Wildman–Crippen MR) is 66.8 cm³/mol. The number of aliphatic imine (C=N–C) groups is 1. The first kappa shape index (κ1) is 13.2. The first-order valence-electron chi connectivity index (χ1n) is 4.68. The second kappa shape index (κ2) is 7.59. The Morgan fingerprint density at radius 2 is 2.00 bits per heavy atom. The van der Waals surface area contributed by atoms with Crippen LogP contribution in [0.25, 0.3) is 0 Å². The van der Waals surface area contributed by atoms with Gasteiger partial charge in [0.05, 0.1) is 5.69 Å². The standard InChI is InChI=1S/C8H10N2S.C3H8/c1-10-8-6(5-9)3-2-4-7(8)11;1-3-2/h2-4,11H,1,5,9H2;3H2,1-2H3. The van der Waals surface area contributed by atoms with Crippen LogP contribution in [0.2, 0.25) is 0 Å². The van der Waals surface area contributed by atoms with E-state index in [1.807, 2.05) is 18.2 Å². The molecule has 0 aliphatic heterocycles. The topological polar surface area (TPSA) is 38.4 Å². The van der Waals surface area contributed by atoms with Crippen molar-refractivity contribution in [1.29, 1.82) is 0 Å². The molecule has 0 saturated heterocycles. The van der Waals surface area contributed by atoms with Crippen LogP contribution >= 0.6 is 12.6 Å². The monoisotopic (exact) mass is 210 g/mol. The molecule has 0 atom stereocenters. The van der Waals surface area contributed by atoms with Gasteiger partial charge in [0.2, 0.25) is 0 Å². The summed E-state index contributed by atoms with van der Waals surface area (Å²) in [6.45, 7) is 8.17. The van der Waals surface area contributed by atoms with Crippen LogP contribution in [0.15, 0.2) is 28.1 Å². The van der Waals surface area contributed by atoms with Crippen molar-refractivity contribution in [3.8, 4) is 0 Å². The van der Waals surface area contributed by atoms with Crippen LogP contribution in [0.3, 0.4) is 0 Å². The van der Waals surface area contributed by atoms with E-state index in [-0.39, 0.29) is 0 Å². The normalized spacial score (nSPS) is 8.86. The molecular weight excluding hydrogens is 192 g/mol. The van der Waals surface area contributed by atoms with Crippen molar-refractivity contribution in [3.05, 3.63) is 23.8 Å². The third-order valence-corrected chi connectivity index (χ3v) is 1.84. The van der Waals surface area contributed by atoms with E-state index in [0.717, 1.165) is 16.1 Å². The van der Waals surface area contributed by atoms with Gasteiger partial charge in [-0.25, -0.2) is 0 Å². The van der Waals surface area contributed by atoms with Crippen molar-refractivity contribution in [2.75, 3.05) is 0 Å². The maximum absolute atomic E-state index is 5.47. The van der Waals surface area contributed by atoms with E-state index in [0.29, 0.717) is 6.54 Å². The van der Waals surface area contributed by atoms with Crippen molar-refractivity contribution in [1.82, 2.24) is 0 Å². The Morgan fingerprint density at radius 1 is 1.43 bits per heavy atom. The molecule has 1 aromatic carbocycles. The summed E-state index contributed by atoms with van der Waals surface area (Å²) < 4.78 is 0. The van der Waals surface area contributed by atoms with Crippen LogP contribution in [-0.4, -0.2) is 6.72 Å². The lowest BCUT2D eigenvalue weighted by Crippen LogP contribution is -1.96. The van der Waals surface area contributed by atoms with Crippen LogP contribution in [0.1, 0.15) is 25.8 Å². The Balaban J connectivity index is 0.000000500. The molecule has 3 heteroatoms. The average molecular weight is 210 g/mol. The highest BCUT2D eigenvalue weighted by Crippen LogP contribution is 2.26. The minimum atomic E-state index is 0.475. The third-order valence-electron chi connectivity index (χ3n) is 1.48. The lowest BCUT2D eigenvalue weighted by atomic mass is 10.2. The molecule has 0 heterocycles. The maximum Gasteiger partial charge on any atom is 0.0800 e. The highest BCUT2D eigenvalue weighted by atomic mass is 32.1. The van der Waals surface area contributed by atoms with Gasteiger partial charge in [0.25, 0.3) is 0 Å². The zero-order valence-electron chi connectivity index (χ0n) is 8.83. The van der Waals surface area contributed by atoms with E-state index in [4.69, 9.17) is 5.73 Å². The molecule has 1 aromatic rings.